The molecule has 31 heavy (non-hydrogen) atoms. The van der Waals surface area contributed by atoms with Crippen molar-refractivity contribution in [3.8, 4) is 0 Å². The van der Waals surface area contributed by atoms with E-state index < -0.39 is 11.8 Å². The molecule has 0 saturated carbocycles. The van der Waals surface area contributed by atoms with Gasteiger partial charge in [-0.15, -0.1) is 0 Å². The van der Waals surface area contributed by atoms with Crippen LogP contribution in [0.3, 0.4) is 0 Å². The van der Waals surface area contributed by atoms with Crippen molar-refractivity contribution in [2.24, 2.45) is 0 Å². The first kappa shape index (κ1) is 22.7. The highest BCUT2D eigenvalue weighted by Crippen LogP contribution is 2.31. The van der Waals surface area contributed by atoms with Crippen LogP contribution in [0, 0.1) is 12.7 Å². The van der Waals surface area contributed by atoms with Crippen LogP contribution in [-0.4, -0.2) is 35.3 Å². The molecule has 7 heteroatoms. The third-order valence-electron chi connectivity index (χ3n) is 5.50. The van der Waals surface area contributed by atoms with Gasteiger partial charge >= 0.3 is 6.09 Å². The van der Waals surface area contributed by atoms with E-state index in [1.807, 2.05) is 44.2 Å². The summed E-state index contributed by atoms with van der Waals surface area (Å²) in [5, 5.41) is 2.63. The van der Waals surface area contributed by atoms with E-state index in [4.69, 9.17) is 9.47 Å². The summed E-state index contributed by atoms with van der Waals surface area (Å²) in [5.74, 6) is -0.629. The monoisotopic (exact) mass is 428 g/mol. The molecular weight excluding hydrogens is 399 g/mol. The van der Waals surface area contributed by atoms with Crippen molar-refractivity contribution in [3.05, 3.63) is 65.0 Å². The molecule has 2 aromatic rings. The van der Waals surface area contributed by atoms with E-state index in [2.05, 4.69) is 5.32 Å². The Balaban J connectivity index is 1.69. The van der Waals surface area contributed by atoms with Crippen molar-refractivity contribution in [2.75, 3.05) is 11.9 Å². The fourth-order valence-corrected chi connectivity index (χ4v) is 3.85. The topological polar surface area (TPSA) is 67.9 Å². The smallest absolute Gasteiger partial charge is 0.412 e. The highest BCUT2D eigenvalue weighted by atomic mass is 19.1. The van der Waals surface area contributed by atoms with Gasteiger partial charge in [-0.1, -0.05) is 30.3 Å². The third-order valence-corrected chi connectivity index (χ3v) is 5.50. The number of ether oxygens (including phenoxy) is 2. The molecule has 1 N–H and O–H groups in total. The lowest BCUT2D eigenvalue weighted by molar-refractivity contribution is -0.114. The predicted molar refractivity (Wildman–Crippen MR) is 116 cm³/mol. The summed E-state index contributed by atoms with van der Waals surface area (Å²) in [4.78, 5) is 25.8. The Morgan fingerprint density at radius 1 is 1.26 bits per heavy atom. The van der Waals surface area contributed by atoms with Crippen molar-refractivity contribution in [1.29, 1.82) is 0 Å². The van der Waals surface area contributed by atoms with Gasteiger partial charge in [0, 0.05) is 12.6 Å². The second-order valence-electron chi connectivity index (χ2n) is 8.28. The normalized spacial score (nSPS) is 17.5. The van der Waals surface area contributed by atoms with Crippen LogP contribution in [-0.2, 0) is 27.3 Å². The zero-order chi connectivity index (χ0) is 22.6. The van der Waals surface area contributed by atoms with Crippen LogP contribution in [0.2, 0.25) is 0 Å². The van der Waals surface area contributed by atoms with Crippen molar-refractivity contribution in [1.82, 2.24) is 4.90 Å². The number of rotatable bonds is 6. The molecule has 6 nitrogen and oxygen atoms in total. The first-order valence-corrected chi connectivity index (χ1v) is 10.4. The summed E-state index contributed by atoms with van der Waals surface area (Å²) in [5.41, 5.74) is 1.85. The molecule has 1 heterocycles. The van der Waals surface area contributed by atoms with Crippen LogP contribution in [0.5, 0.6) is 0 Å². The van der Waals surface area contributed by atoms with Crippen LogP contribution in [0.4, 0.5) is 14.9 Å². The maximum absolute atomic E-state index is 14.3. The molecular formula is C24H29FN2O4. The Labute approximate surface area is 182 Å². The number of hydrogen-bond acceptors (Lipinski definition) is 4. The Morgan fingerprint density at radius 2 is 1.97 bits per heavy atom. The van der Waals surface area contributed by atoms with Crippen molar-refractivity contribution >= 4 is 17.7 Å². The molecule has 1 aliphatic heterocycles. The first-order valence-electron chi connectivity index (χ1n) is 10.4. The van der Waals surface area contributed by atoms with E-state index in [0.29, 0.717) is 30.7 Å². The second kappa shape index (κ2) is 9.47. The number of nitrogens with one attached hydrogen (secondary N) is 1. The number of benzene rings is 2. The van der Waals surface area contributed by atoms with Crippen molar-refractivity contribution in [3.63, 3.8) is 0 Å². The van der Waals surface area contributed by atoms with E-state index in [9.17, 15) is 14.0 Å². The molecule has 166 valence electrons. The number of anilines is 1. The number of carbonyl (C=O) groups is 2. The molecule has 1 aliphatic rings. The van der Waals surface area contributed by atoms with Crippen LogP contribution in [0.1, 0.15) is 43.9 Å². The van der Waals surface area contributed by atoms with E-state index >= 15 is 0 Å². The van der Waals surface area contributed by atoms with Gasteiger partial charge in [-0.25, -0.2) is 9.18 Å². The van der Waals surface area contributed by atoms with Gasteiger partial charge in [0.1, 0.15) is 18.1 Å². The van der Waals surface area contributed by atoms with Crippen LogP contribution in [0.15, 0.2) is 42.5 Å². The average Bonchev–Trinajstić information content (AvgIpc) is 3.02. The van der Waals surface area contributed by atoms with E-state index in [1.165, 1.54) is 13.0 Å². The summed E-state index contributed by atoms with van der Waals surface area (Å²) in [6.45, 7) is 7.32. The average molecular weight is 429 g/mol. The lowest BCUT2D eigenvalue weighted by Crippen LogP contribution is -2.48. The minimum atomic E-state index is -0.795. The number of amides is 2. The minimum Gasteiger partial charge on any atom is -0.444 e. The number of aryl methyl sites for hydroxylation is 1. The Morgan fingerprint density at radius 3 is 2.65 bits per heavy atom. The largest absolute Gasteiger partial charge is 0.444 e. The molecule has 1 saturated heterocycles. The lowest BCUT2D eigenvalue weighted by Gasteiger charge is -2.32. The molecule has 1 fully saturated rings. The van der Waals surface area contributed by atoms with Crippen molar-refractivity contribution in [2.45, 2.75) is 58.9 Å². The van der Waals surface area contributed by atoms with E-state index in [0.717, 1.165) is 11.1 Å². The van der Waals surface area contributed by atoms with Gasteiger partial charge in [0.15, 0.2) is 0 Å². The number of halogens is 1. The van der Waals surface area contributed by atoms with Crippen LogP contribution in [0.25, 0.3) is 0 Å². The molecule has 1 atom stereocenters. The van der Waals surface area contributed by atoms with Gasteiger partial charge in [0.2, 0.25) is 5.91 Å². The predicted octanol–water partition coefficient (Wildman–Crippen LogP) is 4.80. The summed E-state index contributed by atoms with van der Waals surface area (Å²) < 4.78 is 25.7. The molecule has 0 aromatic heterocycles. The lowest BCUT2D eigenvalue weighted by atomic mass is 9.99. The van der Waals surface area contributed by atoms with Crippen molar-refractivity contribution < 1.29 is 23.5 Å². The summed E-state index contributed by atoms with van der Waals surface area (Å²) in [6.07, 6.45) is 0.669. The van der Waals surface area contributed by atoms with Crippen LogP contribution < -0.4 is 5.32 Å². The third kappa shape index (κ3) is 5.61. The molecule has 1 unspecified atom stereocenters. The van der Waals surface area contributed by atoms with Crippen LogP contribution >= 0.6 is 0 Å². The molecule has 0 aliphatic carbocycles. The molecule has 2 aromatic carbocycles. The quantitative estimate of drug-likeness (QED) is 0.718. The fourth-order valence-electron chi connectivity index (χ4n) is 3.85. The SMILES string of the molecule is CC(=O)Nc1cc(F)c(C)c(CCC2COC(C)(C)N2C(=O)OCc2ccccc2)c1. The molecule has 2 amide bonds. The zero-order valence-corrected chi connectivity index (χ0v) is 18.4. The Bertz CT molecular complexity index is 946. The number of carbonyl (C=O) groups excluding carboxylic acids is 2. The zero-order valence-electron chi connectivity index (χ0n) is 18.4. The number of hydrogen-bond donors (Lipinski definition) is 1. The molecule has 3 rings (SSSR count). The van der Waals surface area contributed by atoms with Gasteiger partial charge in [-0.2, -0.15) is 0 Å². The van der Waals surface area contributed by atoms with Gasteiger partial charge in [-0.05, 0) is 62.4 Å². The standard InChI is InChI=1S/C24H29FN2O4/c1-16-19(12-20(13-22(16)25)26-17(2)28)10-11-21-15-31-24(3,4)27(21)23(29)30-14-18-8-6-5-7-9-18/h5-9,12-13,21H,10-11,14-15H2,1-4H3,(H,26,28). The highest BCUT2D eigenvalue weighted by molar-refractivity contribution is 5.88. The molecule has 0 spiro atoms. The maximum atomic E-state index is 14.3. The first-order chi connectivity index (χ1) is 14.7. The summed E-state index contributed by atoms with van der Waals surface area (Å²) in [6, 6.07) is 12.4. The second-order valence-corrected chi connectivity index (χ2v) is 8.28. The fraction of sp³-hybridized carbons (Fsp3) is 0.417. The summed E-state index contributed by atoms with van der Waals surface area (Å²) >= 11 is 0. The molecule has 0 radical (unpaired) electrons. The van der Waals surface area contributed by atoms with E-state index in [1.54, 1.807) is 17.9 Å². The van der Waals surface area contributed by atoms with Gasteiger partial charge in [0.25, 0.3) is 0 Å². The van der Waals surface area contributed by atoms with E-state index in [-0.39, 0.29) is 24.4 Å². The summed E-state index contributed by atoms with van der Waals surface area (Å²) in [7, 11) is 0. The van der Waals surface area contributed by atoms with Gasteiger partial charge in [0.05, 0.1) is 12.6 Å². The molecule has 0 bridgehead atoms. The minimum absolute atomic E-state index is 0.183. The Kier molecular flexibility index (Phi) is 6.95. The van der Waals surface area contributed by atoms with Gasteiger partial charge in [-0.3, -0.25) is 9.69 Å². The number of nitrogens with zero attached hydrogens (tertiary/aromatic N) is 1. The Hall–Kier alpha value is -2.93. The maximum Gasteiger partial charge on any atom is 0.412 e. The highest BCUT2D eigenvalue weighted by Gasteiger charge is 2.44. The van der Waals surface area contributed by atoms with Gasteiger partial charge < -0.3 is 14.8 Å².